The summed E-state index contributed by atoms with van der Waals surface area (Å²) in [5.41, 5.74) is -0.869. The molecule has 0 saturated carbocycles. The van der Waals surface area contributed by atoms with E-state index in [1.54, 1.807) is 12.2 Å². The van der Waals surface area contributed by atoms with Gasteiger partial charge in [-0.05, 0) is 24.3 Å². The Labute approximate surface area is 165 Å². The van der Waals surface area contributed by atoms with Crippen molar-refractivity contribution < 1.29 is 33.3 Å². The average molecular weight is 408 g/mol. The zero-order valence-corrected chi connectivity index (χ0v) is 16.1. The molecule has 3 aliphatic heterocycles. The Morgan fingerprint density at radius 1 is 1.21 bits per heavy atom. The molecule has 0 N–H and O–H groups in total. The highest BCUT2D eigenvalue weighted by atomic mass is 35.5. The lowest BCUT2D eigenvalue weighted by Crippen LogP contribution is -2.50. The van der Waals surface area contributed by atoms with E-state index < -0.39 is 47.6 Å². The molecule has 0 spiro atoms. The summed E-state index contributed by atoms with van der Waals surface area (Å²) in [5.74, 6) is -3.00. The molecule has 0 unspecified atom stereocenters. The summed E-state index contributed by atoms with van der Waals surface area (Å²) in [6, 6.07) is 4.33. The van der Waals surface area contributed by atoms with Gasteiger partial charge in [0.2, 0.25) is 11.8 Å². The summed E-state index contributed by atoms with van der Waals surface area (Å²) >= 11 is 6.05. The van der Waals surface area contributed by atoms with E-state index in [4.69, 9.17) is 30.5 Å². The van der Waals surface area contributed by atoms with Gasteiger partial charge in [-0.15, -0.1) is 0 Å². The highest BCUT2D eigenvalue weighted by Crippen LogP contribution is 2.54. The van der Waals surface area contributed by atoms with Crippen LogP contribution < -0.4 is 4.90 Å². The third kappa shape index (κ3) is 2.39. The topological polar surface area (TPSA) is 91.4 Å². The van der Waals surface area contributed by atoms with Crippen LogP contribution in [0.3, 0.4) is 0 Å². The van der Waals surface area contributed by atoms with Crippen LogP contribution >= 0.6 is 11.6 Å². The largest absolute Gasteiger partial charge is 0.465 e. The van der Waals surface area contributed by atoms with Crippen molar-refractivity contribution in [1.29, 1.82) is 0 Å². The van der Waals surface area contributed by atoms with E-state index in [-0.39, 0.29) is 16.3 Å². The molecule has 28 heavy (non-hydrogen) atoms. The molecule has 1 aromatic carbocycles. The smallest absolute Gasteiger partial charge is 0.339 e. The number of amides is 2. The van der Waals surface area contributed by atoms with Crippen molar-refractivity contribution in [1.82, 2.24) is 0 Å². The Morgan fingerprint density at radius 2 is 1.93 bits per heavy atom. The van der Waals surface area contributed by atoms with Gasteiger partial charge in [0.1, 0.15) is 0 Å². The van der Waals surface area contributed by atoms with Crippen LogP contribution in [0.2, 0.25) is 5.02 Å². The normalized spacial score (nSPS) is 30.5. The summed E-state index contributed by atoms with van der Waals surface area (Å²) in [5, 5.41) is 0.162. The third-order valence-electron chi connectivity index (χ3n) is 5.49. The lowest BCUT2D eigenvalue weighted by Gasteiger charge is -2.34. The van der Waals surface area contributed by atoms with E-state index in [0.29, 0.717) is 0 Å². The molecule has 8 nitrogen and oxygen atoms in total. The van der Waals surface area contributed by atoms with E-state index in [1.807, 2.05) is 0 Å². The van der Waals surface area contributed by atoms with Gasteiger partial charge >= 0.3 is 5.97 Å². The van der Waals surface area contributed by atoms with Crippen molar-refractivity contribution in [3.05, 3.63) is 40.9 Å². The Kier molecular flexibility index (Phi) is 4.54. The van der Waals surface area contributed by atoms with Crippen LogP contribution in [0.4, 0.5) is 5.69 Å². The lowest BCUT2D eigenvalue weighted by molar-refractivity contribution is -0.210. The van der Waals surface area contributed by atoms with Crippen LogP contribution in [0.15, 0.2) is 30.4 Å². The predicted octanol–water partition coefficient (Wildman–Crippen LogP) is 1.56. The van der Waals surface area contributed by atoms with Crippen molar-refractivity contribution in [2.24, 2.45) is 11.8 Å². The molecule has 0 radical (unpaired) electrons. The Balaban J connectivity index is 1.75. The van der Waals surface area contributed by atoms with Crippen LogP contribution in [-0.2, 0) is 28.5 Å². The number of benzene rings is 1. The standard InChI is InChI=1S/C19H18ClNO7/c1-25-17(24)10-8-9(4-5-11(10)20)21-15(22)13-12-6-7-19(28-12,14(13)16(21)23)18(26-2)27-3/h4-8,12-14,18H,1-3H3/t12-,13+,14-,19-/m1/s1. The average Bonchev–Trinajstić information content (AvgIpc) is 3.34. The summed E-state index contributed by atoms with van der Waals surface area (Å²) in [7, 11) is 4.12. The molecule has 1 aromatic rings. The number of rotatable bonds is 5. The maximum atomic E-state index is 13.3. The third-order valence-corrected chi connectivity index (χ3v) is 5.82. The minimum atomic E-state index is -1.18. The second-order valence-corrected chi connectivity index (χ2v) is 7.18. The monoisotopic (exact) mass is 407 g/mol. The highest BCUT2D eigenvalue weighted by molar-refractivity contribution is 6.34. The first-order valence-corrected chi connectivity index (χ1v) is 8.95. The van der Waals surface area contributed by atoms with E-state index in [9.17, 15) is 14.4 Å². The molecule has 3 heterocycles. The molecular weight excluding hydrogens is 390 g/mol. The highest BCUT2D eigenvalue weighted by Gasteiger charge is 2.70. The Bertz CT molecular complexity index is 896. The molecule has 9 heteroatoms. The number of esters is 1. The summed E-state index contributed by atoms with van der Waals surface area (Å²) < 4.78 is 21.4. The SMILES string of the molecule is COC(=O)c1cc(N2C(=O)[C@H]3[C@H]4C=C[C@@](C(OC)OC)(O4)[C@H]3C2=O)ccc1Cl. The van der Waals surface area contributed by atoms with Gasteiger partial charge < -0.3 is 18.9 Å². The second-order valence-electron chi connectivity index (χ2n) is 6.77. The molecule has 2 amide bonds. The molecule has 148 valence electrons. The van der Waals surface area contributed by atoms with E-state index in [1.165, 1.54) is 39.5 Å². The molecule has 3 aliphatic rings. The molecule has 2 bridgehead atoms. The van der Waals surface area contributed by atoms with E-state index >= 15 is 0 Å². The van der Waals surface area contributed by atoms with E-state index in [0.717, 1.165) is 4.90 Å². The first-order valence-electron chi connectivity index (χ1n) is 8.58. The van der Waals surface area contributed by atoms with Crippen LogP contribution in [0.25, 0.3) is 0 Å². The number of hydrogen-bond acceptors (Lipinski definition) is 7. The van der Waals surface area contributed by atoms with Crippen molar-refractivity contribution in [2.45, 2.75) is 18.0 Å². The van der Waals surface area contributed by atoms with Gasteiger partial charge in [-0.2, -0.15) is 0 Å². The molecule has 4 atom stereocenters. The van der Waals surface area contributed by atoms with Crippen LogP contribution in [0.5, 0.6) is 0 Å². The van der Waals surface area contributed by atoms with Gasteiger partial charge in [0.05, 0.1) is 41.3 Å². The molecular formula is C19H18ClNO7. The number of hydrogen-bond donors (Lipinski definition) is 0. The summed E-state index contributed by atoms with van der Waals surface area (Å²) in [4.78, 5) is 39.4. The van der Waals surface area contributed by atoms with Crippen molar-refractivity contribution in [2.75, 3.05) is 26.2 Å². The predicted molar refractivity (Wildman–Crippen MR) is 96.8 cm³/mol. The number of methoxy groups -OCH3 is 3. The van der Waals surface area contributed by atoms with Gasteiger partial charge in [-0.3, -0.25) is 9.59 Å². The Morgan fingerprint density at radius 3 is 2.57 bits per heavy atom. The number of ether oxygens (including phenoxy) is 4. The first-order chi connectivity index (χ1) is 13.4. The number of carbonyl (C=O) groups is 3. The summed E-state index contributed by atoms with van der Waals surface area (Å²) in [6.07, 6.45) is 2.08. The van der Waals surface area contributed by atoms with Gasteiger partial charge in [0.25, 0.3) is 0 Å². The Hall–Kier alpha value is -2.26. The van der Waals surface area contributed by atoms with Gasteiger partial charge in [-0.1, -0.05) is 17.7 Å². The minimum Gasteiger partial charge on any atom is -0.465 e. The number of fused-ring (bicyclic) bond motifs is 5. The number of carbonyl (C=O) groups excluding carboxylic acids is 3. The first kappa shape index (κ1) is 19.1. The maximum Gasteiger partial charge on any atom is 0.339 e. The maximum absolute atomic E-state index is 13.3. The molecule has 0 aromatic heterocycles. The second kappa shape index (κ2) is 6.66. The lowest BCUT2D eigenvalue weighted by atomic mass is 9.76. The summed E-state index contributed by atoms with van der Waals surface area (Å²) in [6.45, 7) is 0. The minimum absolute atomic E-state index is 0.0676. The fraction of sp³-hybridized carbons (Fsp3) is 0.421. The van der Waals surface area contributed by atoms with Crippen molar-refractivity contribution >= 4 is 35.1 Å². The van der Waals surface area contributed by atoms with Crippen LogP contribution in [-0.4, -0.2) is 57.1 Å². The van der Waals surface area contributed by atoms with Gasteiger partial charge in [-0.25, -0.2) is 9.69 Å². The van der Waals surface area contributed by atoms with Crippen LogP contribution in [0.1, 0.15) is 10.4 Å². The fourth-order valence-electron chi connectivity index (χ4n) is 4.34. The van der Waals surface area contributed by atoms with Crippen molar-refractivity contribution in [3.8, 4) is 0 Å². The zero-order valence-electron chi connectivity index (χ0n) is 15.4. The van der Waals surface area contributed by atoms with Crippen molar-refractivity contribution in [3.63, 3.8) is 0 Å². The number of nitrogens with zero attached hydrogens (tertiary/aromatic N) is 1. The molecule has 4 rings (SSSR count). The van der Waals surface area contributed by atoms with Gasteiger partial charge in [0, 0.05) is 14.2 Å². The zero-order chi connectivity index (χ0) is 20.2. The van der Waals surface area contributed by atoms with Crippen LogP contribution in [0, 0.1) is 11.8 Å². The number of imide groups is 1. The number of anilines is 1. The number of halogens is 1. The molecule has 2 saturated heterocycles. The fourth-order valence-corrected chi connectivity index (χ4v) is 4.54. The quantitative estimate of drug-likeness (QED) is 0.316. The van der Waals surface area contributed by atoms with Gasteiger partial charge in [0.15, 0.2) is 11.9 Å². The molecule has 2 fully saturated rings. The van der Waals surface area contributed by atoms with E-state index in [2.05, 4.69) is 0 Å². The molecule has 0 aliphatic carbocycles.